The van der Waals surface area contributed by atoms with Crippen molar-refractivity contribution in [1.82, 2.24) is 5.32 Å². The van der Waals surface area contributed by atoms with Gasteiger partial charge in [0.05, 0.1) is 5.92 Å². The van der Waals surface area contributed by atoms with Gasteiger partial charge in [-0.05, 0) is 35.1 Å². The van der Waals surface area contributed by atoms with Gasteiger partial charge in [-0.2, -0.15) is 0 Å². The second-order valence-corrected chi connectivity index (χ2v) is 6.82. The molecule has 2 aromatic rings. The number of carbonyl (C=O) groups is 3. The summed E-state index contributed by atoms with van der Waals surface area (Å²) in [6, 6.07) is 14.5. The summed E-state index contributed by atoms with van der Waals surface area (Å²) < 4.78 is 0. The number of nitrogens with one attached hydrogen (secondary N) is 1. The third-order valence-corrected chi connectivity index (χ3v) is 5.03. The second-order valence-electron chi connectivity index (χ2n) is 6.82. The number of hydrogen-bond donors (Lipinski definition) is 3. The molecule has 2 atom stereocenters. The molecule has 27 heavy (non-hydrogen) atoms. The van der Waals surface area contributed by atoms with Gasteiger partial charge in [0.1, 0.15) is 6.04 Å². The van der Waals surface area contributed by atoms with Crippen LogP contribution in [0.4, 0.5) is 0 Å². The highest BCUT2D eigenvalue weighted by atomic mass is 16.4. The summed E-state index contributed by atoms with van der Waals surface area (Å²) >= 11 is 0. The maximum absolute atomic E-state index is 11.8. The lowest BCUT2D eigenvalue weighted by Crippen LogP contribution is -2.42. The summed E-state index contributed by atoms with van der Waals surface area (Å²) in [4.78, 5) is 34.5. The molecule has 0 fully saturated rings. The number of fused-ring (bicyclic) bond motifs is 3. The Morgan fingerprint density at radius 1 is 0.926 bits per heavy atom. The maximum atomic E-state index is 11.8. The van der Waals surface area contributed by atoms with Crippen LogP contribution in [0, 0.1) is 5.92 Å². The first-order valence-electron chi connectivity index (χ1n) is 8.79. The van der Waals surface area contributed by atoms with E-state index in [2.05, 4.69) is 5.32 Å². The normalized spacial score (nSPS) is 14.7. The molecule has 6 heteroatoms. The molecule has 6 nitrogen and oxygen atoms in total. The minimum Gasteiger partial charge on any atom is -0.481 e. The predicted octanol–water partition coefficient (Wildman–Crippen LogP) is 2.87. The average molecular weight is 367 g/mol. The molecule has 3 N–H and O–H groups in total. The molecule has 0 bridgehead atoms. The van der Waals surface area contributed by atoms with Crippen LogP contribution in [-0.4, -0.2) is 34.1 Å². The van der Waals surface area contributed by atoms with Crippen LogP contribution in [-0.2, 0) is 14.4 Å². The van der Waals surface area contributed by atoms with Crippen LogP contribution in [0.3, 0.4) is 0 Å². The monoisotopic (exact) mass is 367 g/mol. The van der Waals surface area contributed by atoms with E-state index in [-0.39, 0.29) is 18.8 Å². The fourth-order valence-corrected chi connectivity index (χ4v) is 3.85. The molecule has 0 spiro atoms. The Kier molecular flexibility index (Phi) is 5.26. The number of hydrogen-bond acceptors (Lipinski definition) is 3. The highest BCUT2D eigenvalue weighted by molar-refractivity contribution is 5.83. The fourth-order valence-electron chi connectivity index (χ4n) is 3.85. The van der Waals surface area contributed by atoms with Crippen LogP contribution in [0.15, 0.2) is 48.5 Å². The van der Waals surface area contributed by atoms with Crippen molar-refractivity contribution in [1.29, 1.82) is 0 Å². The largest absolute Gasteiger partial charge is 0.481 e. The van der Waals surface area contributed by atoms with Gasteiger partial charge in [0.15, 0.2) is 0 Å². The van der Waals surface area contributed by atoms with Crippen molar-refractivity contribution < 1.29 is 24.6 Å². The van der Waals surface area contributed by atoms with Gasteiger partial charge in [0.2, 0.25) is 5.91 Å². The summed E-state index contributed by atoms with van der Waals surface area (Å²) in [5.41, 5.74) is 4.27. The van der Waals surface area contributed by atoms with Crippen LogP contribution in [0.2, 0.25) is 0 Å². The van der Waals surface area contributed by atoms with Crippen LogP contribution in [0.25, 0.3) is 11.1 Å². The second kappa shape index (κ2) is 7.61. The third-order valence-electron chi connectivity index (χ3n) is 5.03. The SMILES string of the molecule is CC(=O)N[C@@H](CC(CC1c2ccccc2-c2ccccc21)C(=O)O)C(=O)O. The molecule has 0 heterocycles. The van der Waals surface area contributed by atoms with Gasteiger partial charge < -0.3 is 15.5 Å². The number of amides is 1. The number of aliphatic carboxylic acids is 2. The Balaban J connectivity index is 1.90. The quantitative estimate of drug-likeness (QED) is 0.698. The summed E-state index contributed by atoms with van der Waals surface area (Å²) in [5, 5.41) is 21.3. The van der Waals surface area contributed by atoms with E-state index in [0.717, 1.165) is 22.3 Å². The minimum absolute atomic E-state index is 0.120. The van der Waals surface area contributed by atoms with Crippen LogP contribution < -0.4 is 5.32 Å². The van der Waals surface area contributed by atoms with Crippen LogP contribution >= 0.6 is 0 Å². The summed E-state index contributed by atoms with van der Waals surface area (Å²) in [5.74, 6) is -3.81. The molecule has 0 saturated heterocycles. The molecule has 2 aromatic carbocycles. The zero-order valence-electron chi connectivity index (χ0n) is 14.9. The Morgan fingerprint density at radius 2 is 1.44 bits per heavy atom. The summed E-state index contributed by atoms with van der Waals surface area (Å²) in [6.07, 6.45) is 0.109. The van der Waals surface area contributed by atoms with Gasteiger partial charge in [-0.3, -0.25) is 9.59 Å². The van der Waals surface area contributed by atoms with Crippen molar-refractivity contribution in [3.8, 4) is 11.1 Å². The average Bonchev–Trinajstić information content (AvgIpc) is 2.94. The van der Waals surface area contributed by atoms with E-state index in [1.165, 1.54) is 6.92 Å². The third kappa shape index (κ3) is 3.84. The van der Waals surface area contributed by atoms with Gasteiger partial charge in [-0.15, -0.1) is 0 Å². The zero-order chi connectivity index (χ0) is 19.6. The van der Waals surface area contributed by atoms with E-state index in [1.807, 2.05) is 48.5 Å². The lowest BCUT2D eigenvalue weighted by molar-refractivity contribution is -0.145. The lowest BCUT2D eigenvalue weighted by atomic mass is 9.84. The molecular weight excluding hydrogens is 346 g/mol. The first-order valence-corrected chi connectivity index (χ1v) is 8.79. The molecule has 1 aliphatic rings. The number of carbonyl (C=O) groups excluding carboxylic acids is 1. The highest BCUT2D eigenvalue weighted by Gasteiger charge is 2.34. The van der Waals surface area contributed by atoms with Gasteiger partial charge in [0.25, 0.3) is 0 Å². The topological polar surface area (TPSA) is 104 Å². The fraction of sp³-hybridized carbons (Fsp3) is 0.286. The molecule has 0 saturated carbocycles. The predicted molar refractivity (Wildman–Crippen MR) is 99.3 cm³/mol. The van der Waals surface area contributed by atoms with E-state index in [0.29, 0.717) is 0 Å². The lowest BCUT2D eigenvalue weighted by Gasteiger charge is -2.22. The van der Waals surface area contributed by atoms with Gasteiger partial charge >= 0.3 is 11.9 Å². The van der Waals surface area contributed by atoms with E-state index < -0.39 is 29.8 Å². The molecule has 0 aliphatic heterocycles. The first-order chi connectivity index (χ1) is 12.9. The van der Waals surface area contributed by atoms with Gasteiger partial charge in [-0.25, -0.2) is 4.79 Å². The van der Waals surface area contributed by atoms with Crippen LogP contribution in [0.1, 0.15) is 36.8 Å². The molecule has 0 radical (unpaired) electrons. The molecular formula is C21H21NO5. The van der Waals surface area contributed by atoms with Gasteiger partial charge in [0, 0.05) is 12.8 Å². The number of rotatable bonds is 7. The molecule has 0 aromatic heterocycles. The van der Waals surface area contributed by atoms with E-state index in [4.69, 9.17) is 0 Å². The molecule has 140 valence electrons. The van der Waals surface area contributed by atoms with E-state index in [9.17, 15) is 24.6 Å². The molecule has 3 rings (SSSR count). The van der Waals surface area contributed by atoms with Crippen molar-refractivity contribution in [3.05, 3.63) is 59.7 Å². The van der Waals surface area contributed by atoms with Gasteiger partial charge in [-0.1, -0.05) is 48.5 Å². The summed E-state index contributed by atoms with van der Waals surface area (Å²) in [7, 11) is 0. The standard InChI is InChI=1S/C21H21NO5/c1-12(23)22-19(21(26)27)11-13(20(24)25)10-18-16-8-4-2-6-14(16)15-7-3-5-9-17(15)18/h2-9,13,18-19H,10-11H2,1H3,(H,22,23)(H,24,25)(H,26,27)/t13?,19-/m0/s1. The zero-order valence-corrected chi connectivity index (χ0v) is 14.9. The number of carboxylic acid groups (broad SMARTS) is 2. The maximum Gasteiger partial charge on any atom is 0.326 e. The van der Waals surface area contributed by atoms with Crippen molar-refractivity contribution >= 4 is 17.8 Å². The Morgan fingerprint density at radius 3 is 1.89 bits per heavy atom. The van der Waals surface area contributed by atoms with E-state index >= 15 is 0 Å². The summed E-state index contributed by atoms with van der Waals surface area (Å²) in [6.45, 7) is 1.22. The molecule has 1 amide bonds. The minimum atomic E-state index is -1.23. The van der Waals surface area contributed by atoms with Crippen molar-refractivity contribution in [2.24, 2.45) is 5.92 Å². The Hall–Kier alpha value is -3.15. The van der Waals surface area contributed by atoms with Crippen molar-refractivity contribution in [2.45, 2.75) is 31.7 Å². The number of carboxylic acids is 2. The molecule has 1 unspecified atom stereocenters. The number of benzene rings is 2. The first kappa shape index (κ1) is 18.6. The smallest absolute Gasteiger partial charge is 0.326 e. The molecule has 1 aliphatic carbocycles. The Bertz CT molecular complexity index is 846. The van der Waals surface area contributed by atoms with E-state index in [1.54, 1.807) is 0 Å². The Labute approximate surface area is 156 Å². The van der Waals surface area contributed by atoms with Crippen molar-refractivity contribution in [3.63, 3.8) is 0 Å². The highest BCUT2D eigenvalue weighted by Crippen LogP contribution is 2.47. The van der Waals surface area contributed by atoms with Crippen LogP contribution in [0.5, 0.6) is 0 Å². The van der Waals surface area contributed by atoms with Crippen molar-refractivity contribution in [2.75, 3.05) is 0 Å².